The highest BCUT2D eigenvalue weighted by Gasteiger charge is 2.14. The van der Waals surface area contributed by atoms with Gasteiger partial charge in [0.05, 0.1) is 5.69 Å². The number of hydrogen-bond donors (Lipinski definition) is 1. The van der Waals surface area contributed by atoms with Gasteiger partial charge in [-0.25, -0.2) is 4.79 Å². The third-order valence-corrected chi connectivity index (χ3v) is 5.61. The fourth-order valence-electron chi connectivity index (χ4n) is 2.84. The molecular formula is C26H23N3O3S. The van der Waals surface area contributed by atoms with Crippen LogP contribution in [-0.4, -0.2) is 32.6 Å². The minimum absolute atomic E-state index is 0.180. The molecule has 0 aliphatic heterocycles. The number of nitriles is 1. The maximum Gasteiger partial charge on any atom is 0.349 e. The van der Waals surface area contributed by atoms with Crippen molar-refractivity contribution in [3.8, 4) is 6.07 Å². The number of amides is 1. The summed E-state index contributed by atoms with van der Waals surface area (Å²) in [6, 6.07) is 26.4. The molecule has 0 aliphatic rings. The molecule has 6 nitrogen and oxygen atoms in total. The molecule has 1 amide bonds. The molecule has 0 aromatic heterocycles. The fourth-order valence-corrected chi connectivity index (χ4v) is 3.76. The summed E-state index contributed by atoms with van der Waals surface area (Å²) >= 11 is 1.52. The third kappa shape index (κ3) is 6.99. The first-order valence-electron chi connectivity index (χ1n) is 10.1. The maximum atomic E-state index is 12.4. The largest absolute Gasteiger partial charge is 0.451 e. The summed E-state index contributed by atoms with van der Waals surface area (Å²) in [4.78, 5) is 28.5. The van der Waals surface area contributed by atoms with E-state index in [1.807, 2.05) is 85.7 Å². The highest BCUT2D eigenvalue weighted by atomic mass is 32.2. The summed E-state index contributed by atoms with van der Waals surface area (Å²) in [5.41, 5.74) is 2.12. The lowest BCUT2D eigenvalue weighted by Gasteiger charge is -2.12. The fraction of sp³-hybridized carbons (Fsp3) is 0.115. The minimum Gasteiger partial charge on any atom is -0.451 e. The average molecular weight is 458 g/mol. The predicted octanol–water partition coefficient (Wildman–Crippen LogP) is 4.99. The molecule has 0 fully saturated rings. The van der Waals surface area contributed by atoms with E-state index in [1.165, 1.54) is 17.8 Å². The van der Waals surface area contributed by atoms with E-state index < -0.39 is 18.5 Å². The SMILES string of the molecule is CN(C)c1ccc(/C=C(\C#N)C(=O)OCC(=O)Nc2ccccc2Sc2ccccc2)cc1. The van der Waals surface area contributed by atoms with Gasteiger partial charge < -0.3 is 15.0 Å². The maximum absolute atomic E-state index is 12.4. The van der Waals surface area contributed by atoms with Gasteiger partial charge in [0.15, 0.2) is 6.61 Å². The summed E-state index contributed by atoms with van der Waals surface area (Å²) in [6.07, 6.45) is 1.44. The molecule has 33 heavy (non-hydrogen) atoms. The van der Waals surface area contributed by atoms with Crippen molar-refractivity contribution in [2.24, 2.45) is 0 Å². The summed E-state index contributed by atoms with van der Waals surface area (Å²) in [6.45, 7) is -0.498. The van der Waals surface area contributed by atoms with Gasteiger partial charge in [0, 0.05) is 29.6 Å². The molecule has 7 heteroatoms. The average Bonchev–Trinajstić information content (AvgIpc) is 2.83. The zero-order valence-corrected chi connectivity index (χ0v) is 19.1. The van der Waals surface area contributed by atoms with E-state index >= 15 is 0 Å². The van der Waals surface area contributed by atoms with E-state index in [2.05, 4.69) is 5.32 Å². The van der Waals surface area contributed by atoms with Gasteiger partial charge in [0.1, 0.15) is 11.6 Å². The first-order valence-corrected chi connectivity index (χ1v) is 11.0. The van der Waals surface area contributed by atoms with E-state index in [9.17, 15) is 14.9 Å². The molecule has 0 spiro atoms. The van der Waals surface area contributed by atoms with Gasteiger partial charge in [-0.2, -0.15) is 5.26 Å². The Morgan fingerprint density at radius 3 is 2.33 bits per heavy atom. The van der Waals surface area contributed by atoms with Crippen molar-refractivity contribution in [3.05, 3.63) is 90.0 Å². The number of benzene rings is 3. The molecule has 0 radical (unpaired) electrons. The van der Waals surface area contributed by atoms with Crippen LogP contribution in [0.2, 0.25) is 0 Å². The number of hydrogen-bond acceptors (Lipinski definition) is 6. The number of ether oxygens (including phenoxy) is 1. The van der Waals surface area contributed by atoms with Crippen LogP contribution in [0.15, 0.2) is 94.2 Å². The van der Waals surface area contributed by atoms with E-state index in [0.29, 0.717) is 11.3 Å². The second-order valence-corrected chi connectivity index (χ2v) is 8.31. The number of nitrogens with zero attached hydrogens (tertiary/aromatic N) is 2. The molecular weight excluding hydrogens is 434 g/mol. The normalized spacial score (nSPS) is 10.8. The molecule has 166 valence electrons. The van der Waals surface area contributed by atoms with Crippen molar-refractivity contribution in [2.45, 2.75) is 9.79 Å². The van der Waals surface area contributed by atoms with Crippen molar-refractivity contribution < 1.29 is 14.3 Å². The van der Waals surface area contributed by atoms with Gasteiger partial charge in [-0.3, -0.25) is 4.79 Å². The van der Waals surface area contributed by atoms with Gasteiger partial charge >= 0.3 is 5.97 Å². The smallest absolute Gasteiger partial charge is 0.349 e. The first kappa shape index (κ1) is 23.6. The first-order chi connectivity index (χ1) is 16.0. The molecule has 0 unspecified atom stereocenters. The molecule has 0 saturated heterocycles. The third-order valence-electron chi connectivity index (χ3n) is 4.53. The van der Waals surface area contributed by atoms with E-state index in [0.717, 1.165) is 15.5 Å². The lowest BCUT2D eigenvalue weighted by Crippen LogP contribution is -2.21. The van der Waals surface area contributed by atoms with Crippen LogP contribution >= 0.6 is 11.8 Å². The van der Waals surface area contributed by atoms with Crippen LogP contribution in [0.3, 0.4) is 0 Å². The molecule has 0 heterocycles. The second-order valence-electron chi connectivity index (χ2n) is 7.19. The summed E-state index contributed by atoms with van der Waals surface area (Å²) < 4.78 is 5.06. The molecule has 0 aliphatic carbocycles. The Morgan fingerprint density at radius 2 is 1.67 bits per heavy atom. The lowest BCUT2D eigenvalue weighted by atomic mass is 10.1. The van der Waals surface area contributed by atoms with Crippen LogP contribution in [0.25, 0.3) is 6.08 Å². The second kappa shape index (κ2) is 11.6. The van der Waals surface area contributed by atoms with Crippen molar-refractivity contribution in [2.75, 3.05) is 30.9 Å². The monoisotopic (exact) mass is 457 g/mol. The predicted molar refractivity (Wildman–Crippen MR) is 131 cm³/mol. The van der Waals surface area contributed by atoms with Gasteiger partial charge in [0.2, 0.25) is 0 Å². The Kier molecular flexibility index (Phi) is 8.28. The number of anilines is 2. The van der Waals surface area contributed by atoms with Crippen LogP contribution < -0.4 is 10.2 Å². The van der Waals surface area contributed by atoms with Crippen LogP contribution in [0.4, 0.5) is 11.4 Å². The van der Waals surface area contributed by atoms with Gasteiger partial charge in [-0.05, 0) is 48.0 Å². The Bertz CT molecular complexity index is 1180. The van der Waals surface area contributed by atoms with Crippen molar-refractivity contribution in [1.29, 1.82) is 5.26 Å². The van der Waals surface area contributed by atoms with Crippen LogP contribution in [0, 0.1) is 11.3 Å². The van der Waals surface area contributed by atoms with E-state index in [-0.39, 0.29) is 5.57 Å². The summed E-state index contributed by atoms with van der Waals surface area (Å²) in [7, 11) is 3.85. The zero-order valence-electron chi connectivity index (χ0n) is 18.3. The molecule has 0 bridgehead atoms. The molecule has 3 aromatic rings. The Hall–Kier alpha value is -4.02. The number of carbonyl (C=O) groups is 2. The number of esters is 1. The van der Waals surface area contributed by atoms with Gasteiger partial charge in [-0.15, -0.1) is 0 Å². The number of para-hydroxylation sites is 1. The highest BCUT2D eigenvalue weighted by Crippen LogP contribution is 2.33. The van der Waals surface area contributed by atoms with E-state index in [1.54, 1.807) is 18.2 Å². The summed E-state index contributed by atoms with van der Waals surface area (Å²) in [5, 5.41) is 12.1. The Morgan fingerprint density at radius 1 is 1.00 bits per heavy atom. The van der Waals surface area contributed by atoms with Crippen molar-refractivity contribution in [3.63, 3.8) is 0 Å². The summed E-state index contributed by atoms with van der Waals surface area (Å²) in [5.74, 6) is -1.34. The lowest BCUT2D eigenvalue weighted by molar-refractivity contribution is -0.142. The molecule has 0 saturated carbocycles. The zero-order chi connectivity index (χ0) is 23.6. The highest BCUT2D eigenvalue weighted by molar-refractivity contribution is 7.99. The van der Waals surface area contributed by atoms with Crippen LogP contribution in [-0.2, 0) is 14.3 Å². The minimum atomic E-state index is -0.851. The molecule has 3 rings (SSSR count). The number of nitrogens with one attached hydrogen (secondary N) is 1. The quantitative estimate of drug-likeness (QED) is 0.291. The van der Waals surface area contributed by atoms with Gasteiger partial charge in [-0.1, -0.05) is 54.2 Å². The Labute approximate surface area is 197 Å². The van der Waals surface area contributed by atoms with E-state index in [4.69, 9.17) is 4.74 Å². The Balaban J connectivity index is 1.60. The van der Waals surface area contributed by atoms with Crippen LogP contribution in [0.5, 0.6) is 0 Å². The topological polar surface area (TPSA) is 82.4 Å². The van der Waals surface area contributed by atoms with Crippen molar-refractivity contribution >= 4 is 41.1 Å². The van der Waals surface area contributed by atoms with Gasteiger partial charge in [0.25, 0.3) is 5.91 Å². The number of rotatable bonds is 8. The molecule has 3 aromatic carbocycles. The molecule has 0 atom stereocenters. The van der Waals surface area contributed by atoms with Crippen LogP contribution in [0.1, 0.15) is 5.56 Å². The van der Waals surface area contributed by atoms with Crippen molar-refractivity contribution in [1.82, 2.24) is 0 Å². The standard InChI is InChI=1S/C26H23N3O3S/c1-29(2)21-14-12-19(13-15-21)16-20(17-27)26(31)32-18-25(30)28-23-10-6-7-11-24(23)33-22-8-4-3-5-9-22/h3-16H,18H2,1-2H3,(H,28,30)/b20-16+. The molecule has 1 N–H and O–H groups in total. The number of carbonyl (C=O) groups excluding carboxylic acids is 2.